The lowest BCUT2D eigenvalue weighted by atomic mass is 9.89. The van der Waals surface area contributed by atoms with Crippen LogP contribution in [0.25, 0.3) is 11.3 Å². The van der Waals surface area contributed by atoms with Crippen LogP contribution >= 0.6 is 0 Å². The largest absolute Gasteiger partial charge is 0.361 e. The zero-order chi connectivity index (χ0) is 22.6. The summed E-state index contributed by atoms with van der Waals surface area (Å²) in [5.41, 5.74) is 1.54. The molecule has 2 heterocycles. The van der Waals surface area contributed by atoms with E-state index in [2.05, 4.69) is 10.5 Å². The molecular formula is C25H26FN3O3. The van der Waals surface area contributed by atoms with Gasteiger partial charge in [0, 0.05) is 38.1 Å². The van der Waals surface area contributed by atoms with E-state index >= 15 is 0 Å². The van der Waals surface area contributed by atoms with Gasteiger partial charge in [-0.25, -0.2) is 4.39 Å². The number of amides is 2. The zero-order valence-electron chi connectivity index (χ0n) is 18.0. The smallest absolute Gasteiger partial charge is 0.246 e. The van der Waals surface area contributed by atoms with E-state index in [1.165, 1.54) is 19.1 Å². The first-order valence-corrected chi connectivity index (χ1v) is 10.8. The Hall–Kier alpha value is -3.48. The fraction of sp³-hybridized carbons (Fsp3) is 0.320. The van der Waals surface area contributed by atoms with Crippen molar-refractivity contribution in [3.63, 3.8) is 0 Å². The lowest BCUT2D eigenvalue weighted by molar-refractivity contribution is -0.143. The predicted molar refractivity (Wildman–Crippen MR) is 118 cm³/mol. The van der Waals surface area contributed by atoms with Crippen molar-refractivity contribution in [2.75, 3.05) is 13.1 Å². The molecule has 0 saturated carbocycles. The molecule has 1 aliphatic heterocycles. The Bertz CT molecular complexity index is 1080. The average molecular weight is 435 g/mol. The molecule has 3 aromatic rings. The van der Waals surface area contributed by atoms with Crippen molar-refractivity contribution in [1.82, 2.24) is 15.4 Å². The third-order valence-electron chi connectivity index (χ3n) is 6.00. The molecule has 4 rings (SSSR count). The second-order valence-corrected chi connectivity index (χ2v) is 8.16. The Morgan fingerprint density at radius 1 is 1.16 bits per heavy atom. The number of nitrogens with zero attached hydrogens (tertiary/aromatic N) is 2. The van der Waals surface area contributed by atoms with Crippen molar-refractivity contribution in [2.24, 2.45) is 0 Å². The standard InChI is InChI=1S/C25H26FN3O3/c1-18(30)29-15-5-13-25(29,24(31)27-14-12-19-8-10-21(26)11-9-19)17-22-16-23(28-32-22)20-6-3-2-4-7-20/h2-4,6-11,16H,5,12-15,17H2,1H3,(H,27,31)/t25-/m0/s1. The predicted octanol–water partition coefficient (Wildman–Crippen LogP) is 3.76. The molecule has 0 radical (unpaired) electrons. The number of nitrogens with one attached hydrogen (secondary N) is 1. The lowest BCUT2D eigenvalue weighted by Gasteiger charge is -2.36. The molecule has 0 aliphatic carbocycles. The Labute approximate surface area is 186 Å². The Morgan fingerprint density at radius 3 is 2.62 bits per heavy atom. The highest BCUT2D eigenvalue weighted by atomic mass is 19.1. The van der Waals surface area contributed by atoms with Gasteiger partial charge in [-0.05, 0) is 37.0 Å². The van der Waals surface area contributed by atoms with Crippen LogP contribution in [-0.4, -0.2) is 40.5 Å². The summed E-state index contributed by atoms with van der Waals surface area (Å²) >= 11 is 0. The molecule has 2 amide bonds. The number of halogens is 1. The number of aromatic nitrogens is 1. The average Bonchev–Trinajstić information content (AvgIpc) is 3.44. The van der Waals surface area contributed by atoms with Crippen LogP contribution < -0.4 is 5.32 Å². The van der Waals surface area contributed by atoms with Gasteiger partial charge < -0.3 is 14.7 Å². The van der Waals surface area contributed by atoms with Crippen LogP contribution in [0.1, 0.15) is 31.1 Å². The van der Waals surface area contributed by atoms with Crippen LogP contribution in [0.4, 0.5) is 4.39 Å². The van der Waals surface area contributed by atoms with Crippen molar-refractivity contribution < 1.29 is 18.5 Å². The number of hydrogen-bond donors (Lipinski definition) is 1. The fourth-order valence-electron chi connectivity index (χ4n) is 4.40. The summed E-state index contributed by atoms with van der Waals surface area (Å²) in [6.07, 6.45) is 2.12. The molecule has 1 saturated heterocycles. The van der Waals surface area contributed by atoms with Crippen LogP contribution in [0.3, 0.4) is 0 Å². The first kappa shape index (κ1) is 21.7. The molecule has 2 aromatic carbocycles. The van der Waals surface area contributed by atoms with Gasteiger partial charge in [0.15, 0.2) is 0 Å². The molecule has 1 N–H and O–H groups in total. The lowest BCUT2D eigenvalue weighted by Crippen LogP contribution is -2.58. The first-order valence-electron chi connectivity index (χ1n) is 10.8. The van der Waals surface area contributed by atoms with E-state index < -0.39 is 5.54 Å². The van der Waals surface area contributed by atoms with E-state index in [4.69, 9.17) is 4.52 Å². The van der Waals surface area contributed by atoms with Crippen LogP contribution in [0, 0.1) is 5.82 Å². The maximum atomic E-state index is 13.4. The molecule has 0 bridgehead atoms. The maximum Gasteiger partial charge on any atom is 0.246 e. The van der Waals surface area contributed by atoms with Gasteiger partial charge in [-0.3, -0.25) is 9.59 Å². The maximum absolute atomic E-state index is 13.4. The van der Waals surface area contributed by atoms with Crippen molar-refractivity contribution >= 4 is 11.8 Å². The molecule has 166 valence electrons. The molecule has 7 heteroatoms. The Morgan fingerprint density at radius 2 is 1.91 bits per heavy atom. The van der Waals surface area contributed by atoms with Gasteiger partial charge in [0.05, 0.1) is 0 Å². The molecule has 32 heavy (non-hydrogen) atoms. The molecule has 0 unspecified atom stereocenters. The highest BCUT2D eigenvalue weighted by molar-refractivity contribution is 5.91. The minimum Gasteiger partial charge on any atom is -0.361 e. The molecule has 1 aliphatic rings. The van der Waals surface area contributed by atoms with E-state index in [-0.39, 0.29) is 24.1 Å². The molecular weight excluding hydrogens is 409 g/mol. The minimum atomic E-state index is -1.01. The summed E-state index contributed by atoms with van der Waals surface area (Å²) in [5, 5.41) is 7.14. The van der Waals surface area contributed by atoms with E-state index in [0.29, 0.717) is 37.4 Å². The topological polar surface area (TPSA) is 75.4 Å². The normalized spacial score (nSPS) is 18.0. The second-order valence-electron chi connectivity index (χ2n) is 8.16. The van der Waals surface area contributed by atoms with E-state index in [1.54, 1.807) is 17.0 Å². The van der Waals surface area contributed by atoms with Crippen molar-refractivity contribution in [2.45, 2.75) is 38.1 Å². The Balaban J connectivity index is 1.51. The summed E-state index contributed by atoms with van der Waals surface area (Å²) in [5.74, 6) is -0.0728. The minimum absolute atomic E-state index is 0.140. The fourth-order valence-corrected chi connectivity index (χ4v) is 4.40. The number of rotatable bonds is 7. The zero-order valence-corrected chi connectivity index (χ0v) is 18.0. The molecule has 1 fully saturated rings. The SMILES string of the molecule is CC(=O)N1CCC[C@]1(Cc1cc(-c2ccccc2)no1)C(=O)NCCc1ccc(F)cc1. The highest BCUT2D eigenvalue weighted by Gasteiger charge is 2.49. The van der Waals surface area contributed by atoms with Crippen LogP contribution in [0.5, 0.6) is 0 Å². The number of hydrogen-bond acceptors (Lipinski definition) is 4. The second kappa shape index (κ2) is 9.34. The summed E-state index contributed by atoms with van der Waals surface area (Å²) < 4.78 is 18.7. The van der Waals surface area contributed by atoms with Gasteiger partial charge in [-0.15, -0.1) is 0 Å². The number of carbonyl (C=O) groups is 2. The van der Waals surface area contributed by atoms with E-state index in [0.717, 1.165) is 17.5 Å². The molecule has 1 atom stereocenters. The van der Waals surface area contributed by atoms with Crippen LogP contribution in [0.2, 0.25) is 0 Å². The van der Waals surface area contributed by atoms with Gasteiger partial charge in [0.1, 0.15) is 22.8 Å². The summed E-state index contributed by atoms with van der Waals surface area (Å²) in [4.78, 5) is 27.4. The number of benzene rings is 2. The molecule has 1 aromatic heterocycles. The van der Waals surface area contributed by atoms with Crippen molar-refractivity contribution in [1.29, 1.82) is 0 Å². The van der Waals surface area contributed by atoms with Crippen LogP contribution in [0.15, 0.2) is 65.2 Å². The monoisotopic (exact) mass is 435 g/mol. The Kier molecular flexibility index (Phi) is 6.35. The van der Waals surface area contributed by atoms with Gasteiger partial charge >= 0.3 is 0 Å². The first-order chi connectivity index (χ1) is 15.5. The van der Waals surface area contributed by atoms with Gasteiger partial charge in [0.25, 0.3) is 0 Å². The van der Waals surface area contributed by atoms with E-state index in [9.17, 15) is 14.0 Å². The van der Waals surface area contributed by atoms with Crippen molar-refractivity contribution in [3.8, 4) is 11.3 Å². The summed E-state index contributed by atoms with van der Waals surface area (Å²) in [6.45, 7) is 2.41. The third-order valence-corrected chi connectivity index (χ3v) is 6.00. The van der Waals surface area contributed by atoms with Crippen LogP contribution in [-0.2, 0) is 22.4 Å². The number of likely N-dealkylation sites (tertiary alicyclic amines) is 1. The number of carbonyl (C=O) groups excluding carboxylic acids is 2. The van der Waals surface area contributed by atoms with E-state index in [1.807, 2.05) is 36.4 Å². The summed E-state index contributed by atoms with van der Waals surface area (Å²) in [7, 11) is 0. The van der Waals surface area contributed by atoms with Gasteiger partial charge in [-0.2, -0.15) is 0 Å². The van der Waals surface area contributed by atoms with Crippen molar-refractivity contribution in [3.05, 3.63) is 77.8 Å². The third kappa shape index (κ3) is 4.56. The van der Waals surface area contributed by atoms with Gasteiger partial charge in [0.2, 0.25) is 11.8 Å². The molecule has 0 spiro atoms. The highest BCUT2D eigenvalue weighted by Crippen LogP contribution is 2.34. The molecule has 6 nitrogen and oxygen atoms in total. The quantitative estimate of drug-likeness (QED) is 0.613. The van der Waals surface area contributed by atoms with Gasteiger partial charge in [-0.1, -0.05) is 47.6 Å². The summed E-state index contributed by atoms with van der Waals surface area (Å²) in [6, 6.07) is 17.7.